The Labute approximate surface area is 160 Å². The zero-order valence-corrected chi connectivity index (χ0v) is 15.9. The van der Waals surface area contributed by atoms with Gasteiger partial charge in [-0.05, 0) is 31.2 Å². The molecular formula is C21H19NO4S. The highest BCUT2D eigenvalue weighted by molar-refractivity contribution is 7.89. The molecule has 0 atom stereocenters. The van der Waals surface area contributed by atoms with Crippen LogP contribution in [0.25, 0.3) is 0 Å². The summed E-state index contributed by atoms with van der Waals surface area (Å²) in [5, 5.41) is 0. The van der Waals surface area contributed by atoms with E-state index in [2.05, 4.69) is 28.4 Å². The molecule has 2 aromatic carbocycles. The molecule has 0 bridgehead atoms. The molecule has 0 aliphatic carbocycles. The maximum Gasteiger partial charge on any atom is 0.384 e. The number of benzene rings is 2. The van der Waals surface area contributed by atoms with Gasteiger partial charge in [0.05, 0.1) is 25.1 Å². The van der Waals surface area contributed by atoms with Gasteiger partial charge in [0.1, 0.15) is 0 Å². The Morgan fingerprint density at radius 1 is 1.00 bits per heavy atom. The first-order valence-electron chi connectivity index (χ1n) is 8.11. The summed E-state index contributed by atoms with van der Waals surface area (Å²) in [6.45, 7) is 1.65. The molecule has 0 saturated carbocycles. The highest BCUT2D eigenvalue weighted by atomic mass is 32.2. The first-order valence-corrected chi connectivity index (χ1v) is 9.55. The van der Waals surface area contributed by atoms with E-state index in [0.29, 0.717) is 0 Å². The third kappa shape index (κ3) is 6.00. The van der Waals surface area contributed by atoms with Crippen molar-refractivity contribution < 1.29 is 17.9 Å². The Bertz CT molecular complexity index is 1010. The number of carbonyl (C=O) groups is 1. The van der Waals surface area contributed by atoms with Crippen molar-refractivity contribution in [3.63, 3.8) is 0 Å². The van der Waals surface area contributed by atoms with E-state index < -0.39 is 16.0 Å². The zero-order chi connectivity index (χ0) is 19.7. The Kier molecular flexibility index (Phi) is 7.19. The van der Waals surface area contributed by atoms with Gasteiger partial charge in [0.2, 0.25) is 10.0 Å². The van der Waals surface area contributed by atoms with Gasteiger partial charge < -0.3 is 4.74 Å². The smallest absolute Gasteiger partial charge is 0.384 e. The molecule has 5 nitrogen and oxygen atoms in total. The van der Waals surface area contributed by atoms with Crippen LogP contribution in [0, 0.1) is 30.6 Å². The Morgan fingerprint density at radius 2 is 1.63 bits per heavy atom. The summed E-state index contributed by atoms with van der Waals surface area (Å²) in [6, 6.07) is 15.8. The van der Waals surface area contributed by atoms with Crippen molar-refractivity contribution in [3.05, 3.63) is 65.7 Å². The average molecular weight is 381 g/mol. The summed E-state index contributed by atoms with van der Waals surface area (Å²) in [5.41, 5.74) is 1.74. The number of hydrogen-bond acceptors (Lipinski definition) is 4. The predicted molar refractivity (Wildman–Crippen MR) is 103 cm³/mol. The Hall–Kier alpha value is -3.06. The number of aryl methyl sites for hydroxylation is 1. The Morgan fingerprint density at radius 3 is 2.26 bits per heavy atom. The summed E-state index contributed by atoms with van der Waals surface area (Å²) in [5.74, 6) is 9.82. The number of esters is 1. The second-order valence-electron chi connectivity index (χ2n) is 5.55. The van der Waals surface area contributed by atoms with Gasteiger partial charge >= 0.3 is 5.97 Å². The lowest BCUT2D eigenvalue weighted by Crippen LogP contribution is -2.32. The fourth-order valence-corrected chi connectivity index (χ4v) is 3.33. The third-order valence-electron chi connectivity index (χ3n) is 3.55. The molecule has 0 N–H and O–H groups in total. The summed E-state index contributed by atoms with van der Waals surface area (Å²) in [6.07, 6.45) is 0. The van der Waals surface area contributed by atoms with Crippen molar-refractivity contribution in [1.29, 1.82) is 0 Å². The van der Waals surface area contributed by atoms with Gasteiger partial charge in [-0.1, -0.05) is 53.7 Å². The van der Waals surface area contributed by atoms with E-state index in [9.17, 15) is 13.2 Å². The van der Waals surface area contributed by atoms with Crippen molar-refractivity contribution in [1.82, 2.24) is 4.31 Å². The third-order valence-corrected chi connectivity index (χ3v) is 5.36. The van der Waals surface area contributed by atoms with Gasteiger partial charge in [-0.15, -0.1) is 0 Å². The van der Waals surface area contributed by atoms with E-state index >= 15 is 0 Å². The minimum Gasteiger partial charge on any atom is -0.459 e. The Balaban J connectivity index is 2.28. The lowest BCUT2D eigenvalue weighted by molar-refractivity contribution is -0.133. The molecular weight excluding hydrogens is 362 g/mol. The van der Waals surface area contributed by atoms with Crippen LogP contribution < -0.4 is 0 Å². The van der Waals surface area contributed by atoms with Crippen molar-refractivity contribution in [2.24, 2.45) is 0 Å². The summed E-state index contributed by atoms with van der Waals surface area (Å²) in [7, 11) is -2.59. The quantitative estimate of drug-likeness (QED) is 0.463. The van der Waals surface area contributed by atoms with Crippen LogP contribution >= 0.6 is 0 Å². The molecule has 27 heavy (non-hydrogen) atoms. The highest BCUT2D eigenvalue weighted by Crippen LogP contribution is 2.15. The topological polar surface area (TPSA) is 63.7 Å². The molecule has 0 amide bonds. The van der Waals surface area contributed by atoms with E-state index in [-0.39, 0.29) is 18.0 Å². The maximum atomic E-state index is 12.9. The zero-order valence-electron chi connectivity index (χ0n) is 15.1. The highest BCUT2D eigenvalue weighted by Gasteiger charge is 2.22. The van der Waals surface area contributed by atoms with Crippen LogP contribution in [0.2, 0.25) is 0 Å². The fourth-order valence-electron chi connectivity index (χ4n) is 2.09. The van der Waals surface area contributed by atoms with Crippen molar-refractivity contribution in [2.75, 3.05) is 20.2 Å². The normalized spacial score (nSPS) is 10.3. The number of nitrogens with zero attached hydrogens (tertiary/aromatic N) is 1. The molecule has 0 radical (unpaired) electrons. The monoisotopic (exact) mass is 381 g/mol. The van der Waals surface area contributed by atoms with Crippen molar-refractivity contribution in [2.45, 2.75) is 11.8 Å². The molecule has 2 rings (SSSR count). The number of methoxy groups -OCH3 is 1. The van der Waals surface area contributed by atoms with E-state index in [4.69, 9.17) is 0 Å². The fraction of sp³-hybridized carbons (Fsp3) is 0.190. The largest absolute Gasteiger partial charge is 0.459 e. The van der Waals surface area contributed by atoms with Gasteiger partial charge in [0, 0.05) is 11.5 Å². The molecule has 0 heterocycles. The van der Waals surface area contributed by atoms with Gasteiger partial charge in [-0.25, -0.2) is 13.2 Å². The summed E-state index contributed by atoms with van der Waals surface area (Å²) >= 11 is 0. The van der Waals surface area contributed by atoms with Crippen LogP contribution in [0.5, 0.6) is 0 Å². The van der Waals surface area contributed by atoms with E-state index in [0.717, 1.165) is 15.4 Å². The summed E-state index contributed by atoms with van der Waals surface area (Å²) < 4.78 is 31.4. The first kappa shape index (κ1) is 20.3. The molecule has 0 aromatic heterocycles. The second-order valence-corrected chi connectivity index (χ2v) is 7.49. The van der Waals surface area contributed by atoms with Crippen LogP contribution in [0.3, 0.4) is 0 Å². The molecule has 0 saturated heterocycles. The molecule has 6 heteroatoms. The van der Waals surface area contributed by atoms with Gasteiger partial charge in [-0.3, -0.25) is 0 Å². The van der Waals surface area contributed by atoms with E-state index in [1.807, 2.05) is 37.3 Å². The van der Waals surface area contributed by atoms with Gasteiger partial charge in [0.15, 0.2) is 0 Å². The number of ether oxygens (including phenoxy) is 1. The second kappa shape index (κ2) is 9.59. The van der Waals surface area contributed by atoms with Crippen LogP contribution in [0.4, 0.5) is 0 Å². The minimum atomic E-state index is -3.80. The van der Waals surface area contributed by atoms with E-state index in [1.54, 1.807) is 12.1 Å². The molecule has 0 fully saturated rings. The van der Waals surface area contributed by atoms with Crippen molar-refractivity contribution >= 4 is 16.0 Å². The van der Waals surface area contributed by atoms with Crippen LogP contribution in [-0.2, 0) is 19.6 Å². The summed E-state index contributed by atoms with van der Waals surface area (Å²) in [4.78, 5) is 11.3. The standard InChI is InChI=1S/C21H19NO4S/c1-18-12-14-20(15-13-18)27(24,25)22(17-7-11-21(23)26-2)16-6-10-19-8-4-3-5-9-19/h3-5,8-9,12-15H,16-17H2,1-2H3. The van der Waals surface area contributed by atoms with Crippen LogP contribution in [0.15, 0.2) is 59.5 Å². The lowest BCUT2D eigenvalue weighted by atomic mass is 10.2. The minimum absolute atomic E-state index is 0.0546. The van der Waals surface area contributed by atoms with Gasteiger partial charge in [0.25, 0.3) is 0 Å². The van der Waals surface area contributed by atoms with Crippen LogP contribution in [-0.4, -0.2) is 38.9 Å². The van der Waals surface area contributed by atoms with Gasteiger partial charge in [-0.2, -0.15) is 4.31 Å². The SMILES string of the molecule is COC(=O)C#CCN(CC#Cc1ccccc1)S(=O)(=O)c1ccc(C)cc1. The van der Waals surface area contributed by atoms with E-state index in [1.165, 1.54) is 19.2 Å². The molecule has 0 unspecified atom stereocenters. The maximum absolute atomic E-state index is 12.9. The number of hydrogen-bond donors (Lipinski definition) is 0. The first-order chi connectivity index (χ1) is 12.9. The molecule has 0 spiro atoms. The van der Waals surface area contributed by atoms with Crippen molar-refractivity contribution in [3.8, 4) is 23.7 Å². The number of rotatable bonds is 4. The molecule has 138 valence electrons. The molecule has 0 aliphatic rings. The number of carbonyl (C=O) groups excluding carboxylic acids is 1. The molecule has 2 aromatic rings. The predicted octanol–water partition coefficient (Wildman–Crippen LogP) is 2.21. The van der Waals surface area contributed by atoms with Crippen LogP contribution in [0.1, 0.15) is 11.1 Å². The average Bonchev–Trinajstić information content (AvgIpc) is 2.67. The molecule has 0 aliphatic heterocycles. The number of sulfonamides is 1. The lowest BCUT2D eigenvalue weighted by Gasteiger charge is -2.17.